The molecule has 2 rings (SSSR count). The Morgan fingerprint density at radius 1 is 1.50 bits per heavy atom. The Labute approximate surface area is 109 Å². The number of rotatable bonds is 4. The zero-order chi connectivity index (χ0) is 13.0. The monoisotopic (exact) mass is 249 g/mol. The molecule has 0 aliphatic carbocycles. The number of piperidine rings is 1. The quantitative estimate of drug-likeness (QED) is 0.881. The summed E-state index contributed by atoms with van der Waals surface area (Å²) in [5, 5.41) is 0. The molecule has 2 atom stereocenters. The van der Waals surface area contributed by atoms with Crippen LogP contribution < -0.4 is 10.5 Å². The van der Waals surface area contributed by atoms with Gasteiger partial charge in [-0.25, -0.2) is 4.98 Å². The van der Waals surface area contributed by atoms with Gasteiger partial charge in [0.2, 0.25) is 5.88 Å². The molecule has 0 radical (unpaired) electrons. The minimum absolute atomic E-state index is 0.478. The number of nitrogens with two attached hydrogens (primary N) is 1. The van der Waals surface area contributed by atoms with E-state index >= 15 is 0 Å². The van der Waals surface area contributed by atoms with Crippen LogP contribution in [0.15, 0.2) is 18.2 Å². The van der Waals surface area contributed by atoms with Gasteiger partial charge in [0.1, 0.15) is 0 Å². The fraction of sp³-hybridized carbons (Fsp3) is 0.643. The highest BCUT2D eigenvalue weighted by Crippen LogP contribution is 2.24. The third kappa shape index (κ3) is 3.00. The average molecular weight is 249 g/mol. The summed E-state index contributed by atoms with van der Waals surface area (Å²) in [6, 6.07) is 6.40. The molecule has 0 spiro atoms. The summed E-state index contributed by atoms with van der Waals surface area (Å²) < 4.78 is 5.16. The van der Waals surface area contributed by atoms with E-state index in [0.717, 1.165) is 25.3 Å². The molecule has 0 saturated carbocycles. The van der Waals surface area contributed by atoms with Gasteiger partial charge in [-0.2, -0.15) is 0 Å². The normalized spacial score (nSPS) is 25.1. The van der Waals surface area contributed by atoms with Crippen molar-refractivity contribution in [1.29, 1.82) is 0 Å². The van der Waals surface area contributed by atoms with Gasteiger partial charge >= 0.3 is 0 Å². The smallest absolute Gasteiger partial charge is 0.213 e. The number of likely N-dealkylation sites (tertiary alicyclic amines) is 1. The van der Waals surface area contributed by atoms with E-state index in [1.54, 1.807) is 7.11 Å². The second-order valence-electron chi connectivity index (χ2n) is 5.06. The molecule has 0 bridgehead atoms. The highest BCUT2D eigenvalue weighted by atomic mass is 16.5. The molecule has 0 amide bonds. The summed E-state index contributed by atoms with van der Waals surface area (Å²) in [6.07, 6.45) is 2.53. The van der Waals surface area contributed by atoms with Crippen LogP contribution >= 0.6 is 0 Å². The summed E-state index contributed by atoms with van der Waals surface area (Å²) >= 11 is 0. The average Bonchev–Trinajstić information content (AvgIpc) is 2.39. The first-order chi connectivity index (χ1) is 8.74. The summed E-state index contributed by atoms with van der Waals surface area (Å²) in [6.45, 7) is 5.00. The van der Waals surface area contributed by atoms with E-state index in [-0.39, 0.29) is 0 Å². The number of aromatic nitrogens is 1. The molecular weight excluding hydrogens is 226 g/mol. The number of ether oxygens (including phenoxy) is 1. The van der Waals surface area contributed by atoms with Crippen LogP contribution in [0.5, 0.6) is 5.88 Å². The van der Waals surface area contributed by atoms with Crippen LogP contribution in [-0.4, -0.2) is 36.1 Å². The molecule has 1 saturated heterocycles. The van der Waals surface area contributed by atoms with E-state index in [1.165, 1.54) is 12.8 Å². The molecule has 18 heavy (non-hydrogen) atoms. The minimum Gasteiger partial charge on any atom is -0.481 e. The minimum atomic E-state index is 0.478. The molecule has 2 unspecified atom stereocenters. The van der Waals surface area contributed by atoms with Crippen molar-refractivity contribution in [3.63, 3.8) is 0 Å². The van der Waals surface area contributed by atoms with Crippen molar-refractivity contribution in [1.82, 2.24) is 9.88 Å². The second kappa shape index (κ2) is 6.16. The first-order valence-electron chi connectivity index (χ1n) is 6.68. The third-order valence-corrected chi connectivity index (χ3v) is 3.83. The SMILES string of the molecule is COc1cccc(CN2CCCC(C)C2CN)n1. The van der Waals surface area contributed by atoms with Crippen LogP contribution in [0.25, 0.3) is 0 Å². The van der Waals surface area contributed by atoms with Gasteiger partial charge in [0.25, 0.3) is 0 Å². The van der Waals surface area contributed by atoms with Gasteiger partial charge in [-0.1, -0.05) is 13.0 Å². The summed E-state index contributed by atoms with van der Waals surface area (Å²) in [4.78, 5) is 6.93. The van der Waals surface area contributed by atoms with Gasteiger partial charge in [-0.15, -0.1) is 0 Å². The topological polar surface area (TPSA) is 51.4 Å². The van der Waals surface area contributed by atoms with Crippen molar-refractivity contribution in [2.24, 2.45) is 11.7 Å². The molecule has 4 nitrogen and oxygen atoms in total. The lowest BCUT2D eigenvalue weighted by Crippen LogP contribution is -2.48. The third-order valence-electron chi connectivity index (χ3n) is 3.83. The van der Waals surface area contributed by atoms with E-state index in [0.29, 0.717) is 17.8 Å². The molecule has 2 N–H and O–H groups in total. The van der Waals surface area contributed by atoms with Crippen LogP contribution in [0.2, 0.25) is 0 Å². The molecule has 1 aliphatic rings. The fourth-order valence-electron chi connectivity index (χ4n) is 2.78. The van der Waals surface area contributed by atoms with Gasteiger partial charge in [0, 0.05) is 25.2 Å². The molecular formula is C14H23N3O. The number of nitrogens with zero attached hydrogens (tertiary/aromatic N) is 2. The van der Waals surface area contributed by atoms with Crippen molar-refractivity contribution < 1.29 is 4.74 Å². The lowest BCUT2D eigenvalue weighted by molar-refractivity contribution is 0.0976. The Balaban J connectivity index is 2.06. The van der Waals surface area contributed by atoms with E-state index < -0.39 is 0 Å². The maximum absolute atomic E-state index is 5.91. The standard InChI is InChI=1S/C14H23N3O/c1-11-5-4-8-17(13(11)9-15)10-12-6-3-7-14(16-12)18-2/h3,6-7,11,13H,4-5,8-10,15H2,1-2H3. The number of pyridine rings is 1. The predicted molar refractivity (Wildman–Crippen MR) is 72.4 cm³/mol. The van der Waals surface area contributed by atoms with Gasteiger partial charge in [-0.05, 0) is 31.4 Å². The van der Waals surface area contributed by atoms with E-state index in [1.807, 2.05) is 12.1 Å². The van der Waals surface area contributed by atoms with Gasteiger partial charge < -0.3 is 10.5 Å². The van der Waals surface area contributed by atoms with Crippen molar-refractivity contribution in [2.75, 3.05) is 20.2 Å². The van der Waals surface area contributed by atoms with Crippen LogP contribution in [-0.2, 0) is 6.54 Å². The highest BCUT2D eigenvalue weighted by Gasteiger charge is 2.27. The van der Waals surface area contributed by atoms with Crippen LogP contribution in [0.3, 0.4) is 0 Å². The molecule has 1 fully saturated rings. The Kier molecular flexibility index (Phi) is 4.55. The van der Waals surface area contributed by atoms with E-state index in [9.17, 15) is 0 Å². The van der Waals surface area contributed by atoms with Gasteiger partial charge in [0.05, 0.1) is 12.8 Å². The van der Waals surface area contributed by atoms with Crippen molar-refractivity contribution >= 4 is 0 Å². The molecule has 1 aromatic rings. The number of hydrogen-bond donors (Lipinski definition) is 1. The summed E-state index contributed by atoms with van der Waals surface area (Å²) in [5.74, 6) is 1.36. The van der Waals surface area contributed by atoms with Crippen LogP contribution in [0.1, 0.15) is 25.5 Å². The van der Waals surface area contributed by atoms with E-state index in [4.69, 9.17) is 10.5 Å². The molecule has 0 aromatic carbocycles. The lowest BCUT2D eigenvalue weighted by Gasteiger charge is -2.39. The van der Waals surface area contributed by atoms with Crippen LogP contribution in [0.4, 0.5) is 0 Å². The van der Waals surface area contributed by atoms with Crippen molar-refractivity contribution in [3.05, 3.63) is 23.9 Å². The fourth-order valence-corrected chi connectivity index (χ4v) is 2.78. The summed E-state index contributed by atoms with van der Waals surface area (Å²) in [5.41, 5.74) is 6.96. The maximum Gasteiger partial charge on any atom is 0.213 e. The number of methoxy groups -OCH3 is 1. The van der Waals surface area contributed by atoms with Gasteiger partial charge in [-0.3, -0.25) is 4.90 Å². The molecule has 2 heterocycles. The molecule has 1 aliphatic heterocycles. The van der Waals surface area contributed by atoms with Crippen molar-refractivity contribution in [2.45, 2.75) is 32.4 Å². The lowest BCUT2D eigenvalue weighted by atomic mass is 9.90. The Morgan fingerprint density at radius 3 is 3.06 bits per heavy atom. The molecule has 4 heteroatoms. The van der Waals surface area contributed by atoms with Crippen molar-refractivity contribution in [3.8, 4) is 5.88 Å². The Hall–Kier alpha value is -1.13. The predicted octanol–water partition coefficient (Wildman–Crippen LogP) is 1.65. The summed E-state index contributed by atoms with van der Waals surface area (Å²) in [7, 11) is 1.65. The molecule has 1 aromatic heterocycles. The zero-order valence-electron chi connectivity index (χ0n) is 11.3. The van der Waals surface area contributed by atoms with E-state index in [2.05, 4.69) is 22.9 Å². The van der Waals surface area contributed by atoms with Crippen LogP contribution in [0, 0.1) is 5.92 Å². The largest absolute Gasteiger partial charge is 0.481 e. The zero-order valence-corrected chi connectivity index (χ0v) is 11.3. The highest BCUT2D eigenvalue weighted by molar-refractivity contribution is 5.15. The Bertz CT molecular complexity index is 383. The molecule has 100 valence electrons. The van der Waals surface area contributed by atoms with Gasteiger partial charge in [0.15, 0.2) is 0 Å². The maximum atomic E-state index is 5.91. The second-order valence-corrected chi connectivity index (χ2v) is 5.06. The first kappa shape index (κ1) is 13.3. The first-order valence-corrected chi connectivity index (χ1v) is 6.68. The number of hydrogen-bond acceptors (Lipinski definition) is 4. The Morgan fingerprint density at radius 2 is 2.33 bits per heavy atom.